The minimum Gasteiger partial charge on any atom is -0.240 e. The molecule has 1 heterocycles. The maximum Gasteiger partial charge on any atom is 0.129 e. The number of hydrogen-bond donors (Lipinski definition) is 0. The van der Waals surface area contributed by atoms with Gasteiger partial charge in [0, 0.05) is 23.0 Å². The molecular formula is C13H12BrFN2. The fraction of sp³-hybridized carbons (Fsp3) is 0.308. The van der Waals surface area contributed by atoms with E-state index in [2.05, 4.69) is 21.0 Å². The fourth-order valence-corrected chi connectivity index (χ4v) is 2.52. The Labute approximate surface area is 108 Å². The zero-order valence-corrected chi connectivity index (χ0v) is 10.8. The van der Waals surface area contributed by atoms with Gasteiger partial charge in [0.05, 0.1) is 11.4 Å². The molecule has 1 aromatic carbocycles. The molecule has 0 unspecified atom stereocenters. The predicted molar refractivity (Wildman–Crippen MR) is 68.1 cm³/mol. The third-order valence-electron chi connectivity index (χ3n) is 3.08. The smallest absolute Gasteiger partial charge is 0.129 e. The zero-order chi connectivity index (χ0) is 11.8. The minimum absolute atomic E-state index is 0.192. The van der Waals surface area contributed by atoms with E-state index in [4.69, 9.17) is 0 Å². The highest BCUT2D eigenvalue weighted by Crippen LogP contribution is 2.39. The molecular weight excluding hydrogens is 283 g/mol. The van der Waals surface area contributed by atoms with Crippen LogP contribution in [0.2, 0.25) is 0 Å². The summed E-state index contributed by atoms with van der Waals surface area (Å²) in [6.45, 7) is 0. The van der Waals surface area contributed by atoms with Crippen LogP contribution < -0.4 is 0 Å². The first-order valence-electron chi connectivity index (χ1n) is 5.69. The van der Waals surface area contributed by atoms with Gasteiger partial charge in [-0.25, -0.2) is 9.07 Å². The summed E-state index contributed by atoms with van der Waals surface area (Å²) in [6, 6.07) is 7.12. The van der Waals surface area contributed by atoms with Gasteiger partial charge >= 0.3 is 0 Å². The van der Waals surface area contributed by atoms with Gasteiger partial charge in [-0.1, -0.05) is 22.0 Å². The van der Waals surface area contributed by atoms with Gasteiger partial charge in [0.25, 0.3) is 0 Å². The average Bonchev–Trinajstić information content (AvgIpc) is 3.07. The monoisotopic (exact) mass is 294 g/mol. The van der Waals surface area contributed by atoms with Crippen LogP contribution in [0, 0.1) is 5.82 Å². The summed E-state index contributed by atoms with van der Waals surface area (Å²) in [6.07, 6.45) is 4.37. The Morgan fingerprint density at radius 1 is 1.35 bits per heavy atom. The highest BCUT2D eigenvalue weighted by molar-refractivity contribution is 9.08. The molecule has 88 valence electrons. The van der Waals surface area contributed by atoms with Crippen LogP contribution in [0.3, 0.4) is 0 Å². The number of nitrogens with zero attached hydrogens (tertiary/aromatic N) is 2. The van der Waals surface area contributed by atoms with Gasteiger partial charge in [-0.3, -0.25) is 0 Å². The van der Waals surface area contributed by atoms with E-state index in [9.17, 15) is 4.39 Å². The second-order valence-corrected chi connectivity index (χ2v) is 4.89. The average molecular weight is 295 g/mol. The first-order valence-corrected chi connectivity index (χ1v) is 6.81. The molecule has 0 radical (unpaired) electrons. The summed E-state index contributed by atoms with van der Waals surface area (Å²) in [5, 5.41) is 5.02. The number of rotatable bonds is 3. The van der Waals surface area contributed by atoms with Crippen LogP contribution in [-0.4, -0.2) is 9.78 Å². The van der Waals surface area contributed by atoms with Crippen LogP contribution in [0.5, 0.6) is 0 Å². The van der Waals surface area contributed by atoms with E-state index in [0.29, 0.717) is 16.8 Å². The molecule has 1 fully saturated rings. The predicted octanol–water partition coefficient (Wildman–Crippen LogP) is 3.78. The largest absolute Gasteiger partial charge is 0.240 e. The minimum atomic E-state index is -0.192. The van der Waals surface area contributed by atoms with Crippen LogP contribution in [-0.2, 0) is 5.33 Å². The molecule has 2 aromatic rings. The van der Waals surface area contributed by atoms with Gasteiger partial charge in [-0.15, -0.1) is 0 Å². The molecule has 17 heavy (non-hydrogen) atoms. The molecule has 0 spiro atoms. The van der Waals surface area contributed by atoms with Crippen LogP contribution in [0.1, 0.15) is 30.0 Å². The fourth-order valence-electron chi connectivity index (χ4n) is 1.96. The molecule has 0 amide bonds. The van der Waals surface area contributed by atoms with Crippen LogP contribution >= 0.6 is 15.9 Å². The molecule has 1 aliphatic carbocycles. The van der Waals surface area contributed by atoms with Crippen LogP contribution in [0.4, 0.5) is 4.39 Å². The molecule has 1 aromatic heterocycles. The molecule has 0 aliphatic heterocycles. The third-order valence-corrected chi connectivity index (χ3v) is 3.64. The lowest BCUT2D eigenvalue weighted by atomic mass is 10.2. The van der Waals surface area contributed by atoms with E-state index in [1.165, 1.54) is 18.9 Å². The number of halogens is 2. The summed E-state index contributed by atoms with van der Waals surface area (Å²) in [5.74, 6) is 0.431. The van der Waals surface area contributed by atoms with E-state index >= 15 is 0 Å². The second-order valence-electron chi connectivity index (χ2n) is 4.33. The number of benzene rings is 1. The van der Waals surface area contributed by atoms with Crippen molar-refractivity contribution >= 4 is 15.9 Å². The van der Waals surface area contributed by atoms with E-state index in [-0.39, 0.29) is 5.82 Å². The summed E-state index contributed by atoms with van der Waals surface area (Å²) < 4.78 is 15.4. The first kappa shape index (κ1) is 11.0. The quantitative estimate of drug-likeness (QED) is 0.788. The van der Waals surface area contributed by atoms with Crippen molar-refractivity contribution in [3.8, 4) is 5.69 Å². The summed E-state index contributed by atoms with van der Waals surface area (Å²) in [4.78, 5) is 0. The molecule has 0 atom stereocenters. The number of aromatic nitrogens is 2. The van der Waals surface area contributed by atoms with E-state index in [0.717, 1.165) is 11.4 Å². The summed E-state index contributed by atoms with van der Waals surface area (Å²) in [7, 11) is 0. The van der Waals surface area contributed by atoms with Crippen molar-refractivity contribution in [1.29, 1.82) is 0 Å². The SMILES string of the molecule is Fc1cccc(-n2ccc(C3CC3)n2)c1CBr. The Kier molecular flexibility index (Phi) is 2.74. The third kappa shape index (κ3) is 2.02. The Hall–Kier alpha value is -1.16. The Morgan fingerprint density at radius 3 is 2.88 bits per heavy atom. The molecule has 1 saturated carbocycles. The zero-order valence-electron chi connectivity index (χ0n) is 9.24. The normalized spacial score (nSPS) is 15.2. The van der Waals surface area contributed by atoms with Crippen LogP contribution in [0.25, 0.3) is 5.69 Å². The van der Waals surface area contributed by atoms with E-state index in [1.54, 1.807) is 10.7 Å². The highest BCUT2D eigenvalue weighted by Gasteiger charge is 2.26. The second kappa shape index (κ2) is 4.26. The Morgan fingerprint density at radius 2 is 2.18 bits per heavy atom. The lowest BCUT2D eigenvalue weighted by Crippen LogP contribution is -2.01. The van der Waals surface area contributed by atoms with Gasteiger partial charge < -0.3 is 0 Å². The van der Waals surface area contributed by atoms with E-state index < -0.39 is 0 Å². The van der Waals surface area contributed by atoms with Crippen molar-refractivity contribution in [3.63, 3.8) is 0 Å². The lowest BCUT2D eigenvalue weighted by molar-refractivity contribution is 0.614. The maximum atomic E-state index is 13.6. The molecule has 4 heteroatoms. The Bertz CT molecular complexity index is 546. The molecule has 1 aliphatic rings. The van der Waals surface area contributed by atoms with Gasteiger partial charge in [0.2, 0.25) is 0 Å². The lowest BCUT2D eigenvalue weighted by Gasteiger charge is -2.07. The maximum absolute atomic E-state index is 13.6. The topological polar surface area (TPSA) is 17.8 Å². The van der Waals surface area contributed by atoms with Gasteiger partial charge in [-0.2, -0.15) is 5.10 Å². The van der Waals surface area contributed by atoms with Crippen molar-refractivity contribution in [3.05, 3.63) is 47.5 Å². The first-order chi connectivity index (χ1) is 8.29. The molecule has 0 bridgehead atoms. The van der Waals surface area contributed by atoms with Gasteiger partial charge in [0.1, 0.15) is 5.82 Å². The van der Waals surface area contributed by atoms with Crippen molar-refractivity contribution in [2.24, 2.45) is 0 Å². The Balaban J connectivity index is 2.04. The van der Waals surface area contributed by atoms with Crippen LogP contribution in [0.15, 0.2) is 30.5 Å². The van der Waals surface area contributed by atoms with Gasteiger partial charge in [0.15, 0.2) is 0 Å². The highest BCUT2D eigenvalue weighted by atomic mass is 79.9. The molecule has 3 rings (SSSR count). The number of alkyl halides is 1. The molecule has 0 saturated heterocycles. The standard InChI is InChI=1S/C13H12BrFN2/c14-8-10-11(15)2-1-3-13(10)17-7-6-12(16-17)9-4-5-9/h1-3,6-7,9H,4-5,8H2. The summed E-state index contributed by atoms with van der Waals surface area (Å²) in [5.41, 5.74) is 2.58. The molecule has 0 N–H and O–H groups in total. The van der Waals surface area contributed by atoms with Crippen molar-refractivity contribution in [2.45, 2.75) is 24.1 Å². The number of hydrogen-bond acceptors (Lipinski definition) is 1. The van der Waals surface area contributed by atoms with Crippen molar-refractivity contribution in [1.82, 2.24) is 9.78 Å². The van der Waals surface area contributed by atoms with Crippen molar-refractivity contribution < 1.29 is 4.39 Å². The molecule has 2 nitrogen and oxygen atoms in total. The van der Waals surface area contributed by atoms with E-state index in [1.807, 2.05) is 18.3 Å². The van der Waals surface area contributed by atoms with Crippen molar-refractivity contribution in [2.75, 3.05) is 0 Å². The van der Waals surface area contributed by atoms with Gasteiger partial charge in [-0.05, 0) is 31.0 Å². The summed E-state index contributed by atoms with van der Waals surface area (Å²) >= 11 is 3.32.